The number of rotatable bonds is 7. The fourth-order valence-electron chi connectivity index (χ4n) is 4.09. The number of likely N-dealkylation sites (tertiary alicyclic amines) is 1. The summed E-state index contributed by atoms with van der Waals surface area (Å²) in [5.74, 6) is 1.09. The van der Waals surface area contributed by atoms with Gasteiger partial charge in [-0.3, -0.25) is 14.5 Å². The fraction of sp³-hybridized carbons (Fsp3) is 0.385. The molecule has 2 aromatic carbocycles. The van der Waals surface area contributed by atoms with E-state index >= 15 is 0 Å². The smallest absolute Gasteiger partial charge is 0.291 e. The van der Waals surface area contributed by atoms with Gasteiger partial charge in [-0.2, -0.15) is 0 Å². The van der Waals surface area contributed by atoms with E-state index < -0.39 is 0 Å². The van der Waals surface area contributed by atoms with Gasteiger partial charge in [0.25, 0.3) is 11.8 Å². The minimum atomic E-state index is -0.330. The summed E-state index contributed by atoms with van der Waals surface area (Å²) in [5, 5.41) is 7.61. The van der Waals surface area contributed by atoms with Crippen LogP contribution in [0.5, 0.6) is 0 Å². The molecule has 0 aromatic heterocycles. The van der Waals surface area contributed by atoms with Gasteiger partial charge in [0.15, 0.2) is 5.76 Å². The van der Waals surface area contributed by atoms with Crippen molar-refractivity contribution in [3.05, 3.63) is 76.4 Å². The predicted octanol–water partition coefficient (Wildman–Crippen LogP) is 4.18. The van der Waals surface area contributed by atoms with Crippen LogP contribution in [0.25, 0.3) is 0 Å². The second-order valence-electron chi connectivity index (χ2n) is 8.62. The molecule has 0 aliphatic carbocycles. The molecule has 0 bridgehead atoms. The quantitative estimate of drug-likeness (QED) is 0.642. The van der Waals surface area contributed by atoms with Crippen LogP contribution in [0.15, 0.2) is 59.7 Å². The fourth-order valence-corrected chi connectivity index (χ4v) is 4.72. The van der Waals surface area contributed by atoms with E-state index in [0.29, 0.717) is 36.1 Å². The van der Waals surface area contributed by atoms with E-state index in [1.54, 1.807) is 41.4 Å². The van der Waals surface area contributed by atoms with Gasteiger partial charge >= 0.3 is 0 Å². The summed E-state index contributed by atoms with van der Waals surface area (Å²) < 4.78 is 5.41. The van der Waals surface area contributed by atoms with Gasteiger partial charge in [-0.05, 0) is 56.5 Å². The molecule has 2 N–H and O–H groups in total. The standard InChI is InChI=1S/C26H31N3O3S/c1-19-6-8-21(9-7-19)17-29-12-10-20(11-13-29)16-27-25(30)22-4-2-3-5-23(22)28-26(31)24-18-33-15-14-32-24/h2-9,18,20H,10-17H2,1H3,(H,27,30)(H,28,31). The van der Waals surface area contributed by atoms with Crippen LogP contribution in [0.2, 0.25) is 0 Å². The zero-order valence-electron chi connectivity index (χ0n) is 19.0. The molecule has 2 amide bonds. The molecule has 6 nitrogen and oxygen atoms in total. The highest BCUT2D eigenvalue weighted by Gasteiger charge is 2.22. The van der Waals surface area contributed by atoms with Crippen molar-refractivity contribution in [3.63, 3.8) is 0 Å². The van der Waals surface area contributed by atoms with Crippen molar-refractivity contribution < 1.29 is 14.3 Å². The zero-order valence-corrected chi connectivity index (χ0v) is 19.8. The number of aryl methyl sites for hydroxylation is 1. The number of thioether (sulfide) groups is 1. The largest absolute Gasteiger partial charge is 0.487 e. The van der Waals surface area contributed by atoms with Crippen molar-refractivity contribution in [3.8, 4) is 0 Å². The van der Waals surface area contributed by atoms with E-state index in [1.165, 1.54) is 11.1 Å². The molecule has 0 saturated carbocycles. The summed E-state index contributed by atoms with van der Waals surface area (Å²) in [5.41, 5.74) is 3.59. The Labute approximate surface area is 199 Å². The van der Waals surface area contributed by atoms with Crippen molar-refractivity contribution >= 4 is 29.3 Å². The lowest BCUT2D eigenvalue weighted by Crippen LogP contribution is -2.38. The monoisotopic (exact) mass is 465 g/mol. The highest BCUT2D eigenvalue weighted by Crippen LogP contribution is 2.21. The highest BCUT2D eigenvalue weighted by atomic mass is 32.2. The molecule has 0 unspecified atom stereocenters. The SMILES string of the molecule is Cc1ccc(CN2CCC(CNC(=O)c3ccccc3NC(=O)C3=CSCCO3)CC2)cc1. The van der Waals surface area contributed by atoms with E-state index in [0.717, 1.165) is 38.2 Å². The number of hydrogen-bond acceptors (Lipinski definition) is 5. The van der Waals surface area contributed by atoms with Crippen LogP contribution < -0.4 is 10.6 Å². The van der Waals surface area contributed by atoms with Gasteiger partial charge in [0.05, 0.1) is 17.9 Å². The minimum Gasteiger partial charge on any atom is -0.487 e. The average Bonchev–Trinajstić information content (AvgIpc) is 2.85. The summed E-state index contributed by atoms with van der Waals surface area (Å²) in [6.45, 7) is 6.31. The third kappa shape index (κ3) is 6.62. The van der Waals surface area contributed by atoms with Gasteiger partial charge in [-0.25, -0.2) is 0 Å². The first-order chi connectivity index (χ1) is 16.1. The van der Waals surface area contributed by atoms with E-state index in [9.17, 15) is 9.59 Å². The number of nitrogens with zero attached hydrogens (tertiary/aromatic N) is 1. The topological polar surface area (TPSA) is 70.7 Å². The molecule has 2 heterocycles. The predicted molar refractivity (Wildman–Crippen MR) is 133 cm³/mol. The second kappa shape index (κ2) is 11.4. The van der Waals surface area contributed by atoms with Crippen molar-refractivity contribution in [2.45, 2.75) is 26.3 Å². The van der Waals surface area contributed by atoms with Crippen LogP contribution in [-0.2, 0) is 16.1 Å². The number of carbonyl (C=O) groups is 2. The van der Waals surface area contributed by atoms with Gasteiger partial charge in [0.1, 0.15) is 0 Å². The van der Waals surface area contributed by atoms with Crippen LogP contribution in [0, 0.1) is 12.8 Å². The number of nitrogens with one attached hydrogen (secondary N) is 2. The van der Waals surface area contributed by atoms with Crippen molar-refractivity contribution in [1.29, 1.82) is 0 Å². The molecule has 0 spiro atoms. The maximum atomic E-state index is 12.9. The third-order valence-corrected chi connectivity index (χ3v) is 6.86. The van der Waals surface area contributed by atoms with Crippen LogP contribution in [0.4, 0.5) is 5.69 Å². The van der Waals surface area contributed by atoms with Crippen LogP contribution >= 0.6 is 11.8 Å². The minimum absolute atomic E-state index is 0.166. The summed E-state index contributed by atoms with van der Waals surface area (Å²) in [4.78, 5) is 27.8. The number of amides is 2. The highest BCUT2D eigenvalue weighted by molar-refractivity contribution is 8.02. The number of piperidine rings is 1. The zero-order chi connectivity index (χ0) is 23.0. The first-order valence-electron chi connectivity index (χ1n) is 11.5. The van der Waals surface area contributed by atoms with Gasteiger partial charge in [0, 0.05) is 24.3 Å². The van der Waals surface area contributed by atoms with Crippen LogP contribution in [0.3, 0.4) is 0 Å². The van der Waals surface area contributed by atoms with Gasteiger partial charge in [0.2, 0.25) is 0 Å². The number of benzene rings is 2. The Balaban J connectivity index is 1.26. The molecular weight excluding hydrogens is 434 g/mol. The lowest BCUT2D eigenvalue weighted by Gasteiger charge is -2.32. The Morgan fingerprint density at radius 2 is 1.82 bits per heavy atom. The van der Waals surface area contributed by atoms with Gasteiger partial charge in [-0.15, -0.1) is 11.8 Å². The normalized spacial score (nSPS) is 17.1. The van der Waals surface area contributed by atoms with E-state index in [2.05, 4.69) is 46.7 Å². The summed E-state index contributed by atoms with van der Waals surface area (Å²) in [7, 11) is 0. The number of anilines is 1. The Morgan fingerprint density at radius 1 is 1.06 bits per heavy atom. The molecule has 0 atom stereocenters. The number of ether oxygens (including phenoxy) is 1. The van der Waals surface area contributed by atoms with Crippen molar-refractivity contribution in [2.75, 3.05) is 37.3 Å². The molecule has 1 fully saturated rings. The number of hydrogen-bond donors (Lipinski definition) is 2. The molecule has 4 rings (SSSR count). The Morgan fingerprint density at radius 3 is 2.55 bits per heavy atom. The molecule has 174 valence electrons. The second-order valence-corrected chi connectivity index (χ2v) is 9.59. The lowest BCUT2D eigenvalue weighted by atomic mass is 9.96. The Bertz CT molecular complexity index is 998. The van der Waals surface area contributed by atoms with Crippen LogP contribution in [0.1, 0.15) is 34.3 Å². The molecule has 0 radical (unpaired) electrons. The molecule has 7 heteroatoms. The molecule has 2 aromatic rings. The molecule has 1 saturated heterocycles. The number of carbonyl (C=O) groups excluding carboxylic acids is 2. The molecular formula is C26H31N3O3S. The summed E-state index contributed by atoms with van der Waals surface area (Å²) in [6, 6.07) is 15.8. The van der Waals surface area contributed by atoms with Crippen molar-refractivity contribution in [2.24, 2.45) is 5.92 Å². The average molecular weight is 466 g/mol. The first kappa shape index (κ1) is 23.4. The van der Waals surface area contributed by atoms with Gasteiger partial charge < -0.3 is 15.4 Å². The molecule has 2 aliphatic heterocycles. The summed E-state index contributed by atoms with van der Waals surface area (Å²) in [6.07, 6.45) is 2.13. The Kier molecular flexibility index (Phi) is 8.07. The van der Waals surface area contributed by atoms with Crippen LogP contribution in [-0.4, -0.2) is 48.7 Å². The van der Waals surface area contributed by atoms with Gasteiger partial charge in [-0.1, -0.05) is 42.0 Å². The van der Waals surface area contributed by atoms with E-state index in [-0.39, 0.29) is 11.8 Å². The van der Waals surface area contributed by atoms with Crippen molar-refractivity contribution in [1.82, 2.24) is 10.2 Å². The maximum Gasteiger partial charge on any atom is 0.291 e. The third-order valence-electron chi connectivity index (χ3n) is 6.08. The van der Waals surface area contributed by atoms with E-state index in [1.807, 2.05) is 0 Å². The Hall–Kier alpha value is -2.77. The maximum absolute atomic E-state index is 12.9. The molecule has 2 aliphatic rings. The van der Waals surface area contributed by atoms with E-state index in [4.69, 9.17) is 4.74 Å². The lowest BCUT2D eigenvalue weighted by molar-refractivity contribution is -0.116. The summed E-state index contributed by atoms with van der Waals surface area (Å²) >= 11 is 1.55. The molecule has 33 heavy (non-hydrogen) atoms. The first-order valence-corrected chi connectivity index (χ1v) is 12.5. The number of para-hydroxylation sites is 1.